The van der Waals surface area contributed by atoms with Crippen molar-refractivity contribution in [1.29, 1.82) is 0 Å². The van der Waals surface area contributed by atoms with Gasteiger partial charge in [-0.15, -0.1) is 15.3 Å². The Kier molecular flexibility index (Phi) is 5.65. The fraction of sp³-hybridized carbons (Fsp3) is 0.158. The smallest absolute Gasteiger partial charge is 0.260 e. The number of amides is 1. The molecule has 2 N–H and O–H groups in total. The summed E-state index contributed by atoms with van der Waals surface area (Å²) in [5, 5.41) is 25.6. The van der Waals surface area contributed by atoms with Crippen LogP contribution in [0.5, 0.6) is 11.5 Å². The molecule has 10 nitrogen and oxygen atoms in total. The number of ether oxygens (including phenoxy) is 1. The maximum atomic E-state index is 12.4. The minimum atomic E-state index is -3.28. The highest BCUT2D eigenvalue weighted by atomic mass is 32.2. The number of nitrogens with zero attached hydrogens (tertiary/aromatic N) is 4. The molecular weight excluding hydrogens is 442 g/mol. The number of phenols is 1. The lowest BCUT2D eigenvalue weighted by Gasteiger charge is -2.15. The summed E-state index contributed by atoms with van der Waals surface area (Å²) >= 11 is 1.34. The van der Waals surface area contributed by atoms with Crippen LogP contribution in [0.1, 0.15) is 16.2 Å². The van der Waals surface area contributed by atoms with E-state index in [9.17, 15) is 18.3 Å². The number of fused-ring (bicyclic) bond motifs is 1. The van der Waals surface area contributed by atoms with E-state index in [1.54, 1.807) is 24.3 Å². The van der Waals surface area contributed by atoms with Gasteiger partial charge in [0, 0.05) is 6.26 Å². The second-order valence-corrected chi connectivity index (χ2v) is 9.51. The first-order valence-corrected chi connectivity index (χ1v) is 11.9. The summed E-state index contributed by atoms with van der Waals surface area (Å²) < 4.78 is 30.2. The van der Waals surface area contributed by atoms with Gasteiger partial charge in [-0.25, -0.2) is 8.42 Å². The lowest BCUT2D eigenvalue weighted by Crippen LogP contribution is -2.34. The number of hydrogen-bond donors (Lipinski definition) is 2. The van der Waals surface area contributed by atoms with Gasteiger partial charge in [0.05, 0.1) is 16.2 Å². The van der Waals surface area contributed by atoms with Gasteiger partial charge in [0.15, 0.2) is 15.7 Å². The van der Waals surface area contributed by atoms with Crippen LogP contribution in [0, 0.1) is 0 Å². The van der Waals surface area contributed by atoms with Gasteiger partial charge in [0.25, 0.3) is 5.91 Å². The Morgan fingerprint density at radius 1 is 1.19 bits per heavy atom. The second kappa shape index (κ2) is 8.40. The van der Waals surface area contributed by atoms with Crippen LogP contribution in [-0.4, -0.2) is 52.1 Å². The molecule has 0 bridgehead atoms. The Hall–Kier alpha value is -3.38. The van der Waals surface area contributed by atoms with Crippen LogP contribution in [0.3, 0.4) is 0 Å². The predicted octanol–water partition coefficient (Wildman–Crippen LogP) is 1.66. The van der Waals surface area contributed by atoms with Gasteiger partial charge in [-0.2, -0.15) is 4.68 Å². The molecule has 4 rings (SSSR count). The lowest BCUT2D eigenvalue weighted by atomic mass is 10.2. The van der Waals surface area contributed by atoms with E-state index in [0.717, 1.165) is 6.26 Å². The maximum absolute atomic E-state index is 12.4. The van der Waals surface area contributed by atoms with Crippen LogP contribution in [0.4, 0.5) is 0 Å². The molecule has 1 amide bonds. The molecule has 1 aliphatic rings. The topological polar surface area (TPSA) is 136 Å². The van der Waals surface area contributed by atoms with Crippen molar-refractivity contribution in [3.8, 4) is 11.5 Å². The van der Waals surface area contributed by atoms with Crippen molar-refractivity contribution in [1.82, 2.24) is 20.2 Å². The largest absolute Gasteiger partial charge is 0.507 e. The molecule has 0 unspecified atom stereocenters. The van der Waals surface area contributed by atoms with Gasteiger partial charge >= 0.3 is 0 Å². The average Bonchev–Trinajstić information content (AvgIpc) is 3.14. The molecule has 2 heterocycles. The molecule has 31 heavy (non-hydrogen) atoms. The molecule has 0 aliphatic carbocycles. The number of para-hydroxylation sites is 1. The number of amidine groups is 1. The van der Waals surface area contributed by atoms with E-state index < -0.39 is 15.7 Å². The number of nitrogens with one attached hydrogen (secondary N) is 1. The van der Waals surface area contributed by atoms with E-state index in [0.29, 0.717) is 28.3 Å². The summed E-state index contributed by atoms with van der Waals surface area (Å²) in [7, 11) is -3.28. The van der Waals surface area contributed by atoms with Gasteiger partial charge in [-0.1, -0.05) is 23.9 Å². The van der Waals surface area contributed by atoms with Crippen molar-refractivity contribution in [2.75, 3.05) is 12.0 Å². The number of thioether (sulfide) groups is 1. The minimum Gasteiger partial charge on any atom is -0.507 e. The van der Waals surface area contributed by atoms with Crippen LogP contribution in [0.25, 0.3) is 0 Å². The normalized spacial score (nSPS) is 13.3. The van der Waals surface area contributed by atoms with Gasteiger partial charge in [0.1, 0.15) is 23.9 Å². The molecule has 0 fully saturated rings. The average molecular weight is 460 g/mol. The molecular formula is C19H17N5O5S2. The third-order valence-electron chi connectivity index (χ3n) is 4.26. The number of sulfone groups is 1. The quantitative estimate of drug-likeness (QED) is 0.588. The molecule has 12 heteroatoms. The molecule has 160 valence electrons. The summed E-state index contributed by atoms with van der Waals surface area (Å²) in [4.78, 5) is 12.6. The first-order chi connectivity index (χ1) is 14.8. The van der Waals surface area contributed by atoms with E-state index >= 15 is 0 Å². The van der Waals surface area contributed by atoms with E-state index in [2.05, 4.69) is 20.6 Å². The van der Waals surface area contributed by atoms with Crippen LogP contribution < -0.4 is 10.1 Å². The van der Waals surface area contributed by atoms with Gasteiger partial charge < -0.3 is 15.2 Å². The standard InChI is InChI=1S/C19H17N5O5S2/c1-31(27,28)13-8-6-12(7-9-13)29-10-17-21-22-19-24(17)23-16(11-30-19)20-18(26)14-4-2-3-5-15(14)25/h2-9,25H,10-11H2,1H3,(H,20,23,26). The Morgan fingerprint density at radius 3 is 2.65 bits per heavy atom. The fourth-order valence-electron chi connectivity index (χ4n) is 2.71. The Balaban J connectivity index is 1.47. The maximum Gasteiger partial charge on any atom is 0.260 e. The fourth-order valence-corrected chi connectivity index (χ4v) is 4.11. The summed E-state index contributed by atoms with van der Waals surface area (Å²) in [6.45, 7) is 0.0377. The number of aromatic hydroxyl groups is 1. The summed E-state index contributed by atoms with van der Waals surface area (Å²) in [6.07, 6.45) is 1.14. The van der Waals surface area contributed by atoms with Gasteiger partial charge in [0.2, 0.25) is 5.16 Å². The molecule has 0 saturated heterocycles. The first-order valence-electron chi connectivity index (χ1n) is 8.98. The molecule has 2 aromatic carbocycles. The molecule has 0 saturated carbocycles. The predicted molar refractivity (Wildman–Crippen MR) is 113 cm³/mol. The minimum absolute atomic E-state index is 0.0377. The van der Waals surface area contributed by atoms with Gasteiger partial charge in [-0.3, -0.25) is 4.79 Å². The van der Waals surface area contributed by atoms with Crippen LogP contribution in [-0.2, 0) is 16.4 Å². The van der Waals surface area contributed by atoms with E-state index in [4.69, 9.17) is 4.74 Å². The van der Waals surface area contributed by atoms with Gasteiger partial charge in [-0.05, 0) is 36.4 Å². The lowest BCUT2D eigenvalue weighted by molar-refractivity contribution is 0.0974. The Labute approximate surface area is 181 Å². The molecule has 0 radical (unpaired) electrons. The number of benzene rings is 2. The molecule has 0 atom stereocenters. The summed E-state index contributed by atoms with van der Waals surface area (Å²) in [6, 6.07) is 12.3. The number of phenolic OH excluding ortho intramolecular Hbond substituents is 1. The first kappa shape index (κ1) is 20.9. The number of carbonyl (C=O) groups is 1. The summed E-state index contributed by atoms with van der Waals surface area (Å²) in [5.41, 5.74) is 0.144. The monoisotopic (exact) mass is 459 g/mol. The zero-order chi connectivity index (χ0) is 22.0. The zero-order valence-corrected chi connectivity index (χ0v) is 17.9. The Morgan fingerprint density at radius 2 is 1.94 bits per heavy atom. The van der Waals surface area contributed by atoms with E-state index in [1.807, 2.05) is 0 Å². The van der Waals surface area contributed by atoms with Crippen LogP contribution >= 0.6 is 11.8 Å². The molecule has 3 aromatic rings. The number of rotatable bonds is 5. The second-order valence-electron chi connectivity index (χ2n) is 6.55. The molecule has 0 spiro atoms. The third-order valence-corrected chi connectivity index (χ3v) is 6.32. The van der Waals surface area contributed by atoms with Crippen molar-refractivity contribution in [2.45, 2.75) is 16.7 Å². The van der Waals surface area contributed by atoms with Crippen molar-refractivity contribution < 1.29 is 23.1 Å². The molecule has 1 aliphatic heterocycles. The number of hydrogen-bond acceptors (Lipinski definition) is 9. The van der Waals surface area contributed by atoms with Crippen LogP contribution in [0.2, 0.25) is 0 Å². The third kappa shape index (κ3) is 4.70. The van der Waals surface area contributed by atoms with E-state index in [1.165, 1.54) is 40.7 Å². The highest BCUT2D eigenvalue weighted by Crippen LogP contribution is 2.23. The van der Waals surface area contributed by atoms with Crippen molar-refractivity contribution in [2.24, 2.45) is 5.10 Å². The van der Waals surface area contributed by atoms with Crippen molar-refractivity contribution in [3.63, 3.8) is 0 Å². The Bertz CT molecular complexity index is 1270. The van der Waals surface area contributed by atoms with E-state index in [-0.39, 0.29) is 22.8 Å². The molecule has 1 aromatic heterocycles. The zero-order valence-electron chi connectivity index (χ0n) is 16.2. The number of aromatic nitrogens is 3. The number of carbonyl (C=O) groups excluding carboxylic acids is 1. The van der Waals surface area contributed by atoms with Crippen molar-refractivity contribution >= 4 is 33.3 Å². The van der Waals surface area contributed by atoms with Crippen LogP contribution in [0.15, 0.2) is 63.7 Å². The SMILES string of the molecule is CS(=O)(=O)c1ccc(OCc2nnc3n2N=C(NC(=O)c2ccccc2O)CS3)cc1. The van der Waals surface area contributed by atoms with Crippen molar-refractivity contribution in [3.05, 3.63) is 59.9 Å². The highest BCUT2D eigenvalue weighted by molar-refractivity contribution is 7.99. The summed E-state index contributed by atoms with van der Waals surface area (Å²) in [5.74, 6) is 1.03. The highest BCUT2D eigenvalue weighted by Gasteiger charge is 2.21.